The molecule has 0 bridgehead atoms. The molecule has 0 amide bonds. The molecule has 1 N–H and O–H groups in total. The van der Waals surface area contributed by atoms with E-state index in [0.717, 1.165) is 55.7 Å². The molecule has 3 heterocycles. The Morgan fingerprint density at radius 1 is 0.821 bits per heavy atom. The molecule has 0 saturated carbocycles. The van der Waals surface area contributed by atoms with Gasteiger partial charge in [-0.1, -0.05) is 70.0 Å². The number of benzene rings is 4. The summed E-state index contributed by atoms with van der Waals surface area (Å²) in [5.41, 5.74) is 6.76. The zero-order chi connectivity index (χ0) is 26.5. The van der Waals surface area contributed by atoms with Crippen LogP contribution in [0.25, 0.3) is 5.69 Å². The molecule has 39 heavy (non-hydrogen) atoms. The lowest BCUT2D eigenvalue weighted by atomic mass is 9.93. The minimum Gasteiger partial charge on any atom is -0.337 e. The zero-order valence-electron chi connectivity index (χ0n) is 20.9. The molecule has 0 fully saturated rings. The highest BCUT2D eigenvalue weighted by Gasteiger charge is 2.41. The summed E-state index contributed by atoms with van der Waals surface area (Å²) in [7, 11) is 0. The van der Waals surface area contributed by atoms with Gasteiger partial charge in [0.05, 0.1) is 28.8 Å². The molecule has 0 aliphatic carbocycles. The van der Waals surface area contributed by atoms with Crippen molar-refractivity contribution in [1.82, 2.24) is 9.78 Å². The fraction of sp³-hybridized carbons (Fsp3) is 0.0645. The normalized spacial score (nSPS) is 15.6. The minimum absolute atomic E-state index is 0.194. The number of para-hydroxylation sites is 3. The van der Waals surface area contributed by atoms with Gasteiger partial charge in [-0.2, -0.15) is 5.10 Å². The summed E-state index contributed by atoms with van der Waals surface area (Å²) in [5, 5.41) is 9.20. The van der Waals surface area contributed by atoms with Crippen molar-refractivity contribution in [3.8, 4) is 5.69 Å². The molecule has 1 atom stereocenters. The van der Waals surface area contributed by atoms with Crippen LogP contribution in [-0.2, 0) is 0 Å². The Morgan fingerprint density at radius 2 is 1.54 bits per heavy atom. The molecule has 6 nitrogen and oxygen atoms in total. The van der Waals surface area contributed by atoms with E-state index in [4.69, 9.17) is 26.7 Å². The Labute approximate surface area is 239 Å². The van der Waals surface area contributed by atoms with Gasteiger partial charge in [-0.05, 0) is 73.2 Å². The second-order valence-electron chi connectivity index (χ2n) is 9.41. The van der Waals surface area contributed by atoms with E-state index in [1.165, 1.54) is 0 Å². The summed E-state index contributed by atoms with van der Waals surface area (Å²) in [6.07, 6.45) is 0. The monoisotopic (exact) mass is 592 g/mol. The number of amidine groups is 2. The summed E-state index contributed by atoms with van der Waals surface area (Å²) < 4.78 is 2.94. The number of fused-ring (bicyclic) bond motifs is 4. The van der Waals surface area contributed by atoms with Crippen molar-refractivity contribution in [3.63, 3.8) is 0 Å². The molecule has 5 aromatic rings. The highest BCUT2D eigenvalue weighted by Crippen LogP contribution is 2.48. The maximum atomic E-state index is 6.32. The largest absolute Gasteiger partial charge is 0.337 e. The van der Waals surface area contributed by atoms with Crippen molar-refractivity contribution in [3.05, 3.63) is 129 Å². The Hall–Kier alpha value is -4.20. The van der Waals surface area contributed by atoms with Gasteiger partial charge in [0.2, 0.25) is 0 Å². The zero-order valence-corrected chi connectivity index (χ0v) is 23.2. The lowest BCUT2D eigenvalue weighted by Gasteiger charge is -2.40. The van der Waals surface area contributed by atoms with Crippen LogP contribution in [0.1, 0.15) is 22.9 Å². The van der Waals surface area contributed by atoms with Crippen LogP contribution in [0.4, 0.5) is 22.9 Å². The topological polar surface area (TPSA) is 57.8 Å². The van der Waals surface area contributed by atoms with E-state index in [1.54, 1.807) is 0 Å². The Bertz CT molecular complexity index is 1760. The Balaban J connectivity index is 1.49. The molecule has 1 aromatic heterocycles. The molecule has 0 saturated heterocycles. The van der Waals surface area contributed by atoms with Gasteiger partial charge in [-0.15, -0.1) is 0 Å². The van der Waals surface area contributed by atoms with Crippen LogP contribution in [0, 0.1) is 6.92 Å². The van der Waals surface area contributed by atoms with Crippen molar-refractivity contribution in [2.75, 3.05) is 10.2 Å². The van der Waals surface area contributed by atoms with E-state index in [2.05, 4.69) is 44.3 Å². The average Bonchev–Trinajstić information content (AvgIpc) is 3.30. The van der Waals surface area contributed by atoms with Crippen LogP contribution in [-0.4, -0.2) is 21.5 Å². The van der Waals surface area contributed by atoms with Gasteiger partial charge < -0.3 is 10.2 Å². The van der Waals surface area contributed by atoms with E-state index < -0.39 is 0 Å². The molecule has 4 aromatic carbocycles. The number of nitrogens with zero attached hydrogens (tertiary/aromatic N) is 5. The summed E-state index contributed by atoms with van der Waals surface area (Å²) in [4.78, 5) is 12.6. The molecule has 2 aliphatic heterocycles. The number of nitrogens with one attached hydrogen (secondary N) is 1. The van der Waals surface area contributed by atoms with Gasteiger partial charge in [0.25, 0.3) is 0 Å². The number of halogens is 2. The maximum absolute atomic E-state index is 6.32. The highest BCUT2D eigenvalue weighted by atomic mass is 79.9. The van der Waals surface area contributed by atoms with Crippen LogP contribution in [0.15, 0.2) is 118 Å². The molecule has 0 radical (unpaired) electrons. The van der Waals surface area contributed by atoms with E-state index in [0.29, 0.717) is 10.9 Å². The quantitative estimate of drug-likeness (QED) is 0.229. The fourth-order valence-electron chi connectivity index (χ4n) is 5.18. The lowest BCUT2D eigenvalue weighted by molar-refractivity contribution is 0.815. The van der Waals surface area contributed by atoms with Crippen LogP contribution < -0.4 is 10.2 Å². The summed E-state index contributed by atoms with van der Waals surface area (Å²) in [6, 6.07) is 34.1. The van der Waals surface area contributed by atoms with E-state index in [1.807, 2.05) is 96.5 Å². The Kier molecular flexibility index (Phi) is 5.83. The molecule has 0 unspecified atom stereocenters. The van der Waals surface area contributed by atoms with Crippen LogP contribution >= 0.6 is 27.5 Å². The summed E-state index contributed by atoms with van der Waals surface area (Å²) in [6.45, 7) is 2.05. The summed E-state index contributed by atoms with van der Waals surface area (Å²) in [5.74, 6) is 2.18. The van der Waals surface area contributed by atoms with Gasteiger partial charge >= 0.3 is 0 Å². The number of aryl methyl sites for hydroxylation is 1. The SMILES string of the molecule is Cc1nn(-c2ccccc2)c2c1[C@H](c1ccc(Cl)cc1)N1C(=N2)C(Nc2ccc(Br)cc2)=Nc2ccccc21. The first kappa shape index (κ1) is 23.9. The number of aliphatic imine (C=N–C) groups is 2. The average molecular weight is 594 g/mol. The molecule has 0 spiro atoms. The number of anilines is 2. The Morgan fingerprint density at radius 3 is 2.31 bits per heavy atom. The third-order valence-corrected chi connectivity index (χ3v) is 7.71. The van der Waals surface area contributed by atoms with Crippen LogP contribution in [0.3, 0.4) is 0 Å². The second kappa shape index (κ2) is 9.52. The van der Waals surface area contributed by atoms with Gasteiger partial charge in [0, 0.05) is 20.7 Å². The first-order valence-electron chi connectivity index (χ1n) is 12.6. The van der Waals surface area contributed by atoms with Crippen molar-refractivity contribution in [2.24, 2.45) is 9.98 Å². The molecular formula is C31H22BrClN6. The van der Waals surface area contributed by atoms with Gasteiger partial charge in [-0.3, -0.25) is 0 Å². The predicted octanol–water partition coefficient (Wildman–Crippen LogP) is 8.39. The van der Waals surface area contributed by atoms with Crippen molar-refractivity contribution in [1.29, 1.82) is 0 Å². The third kappa shape index (κ3) is 4.15. The second-order valence-corrected chi connectivity index (χ2v) is 10.8. The van der Waals surface area contributed by atoms with Crippen molar-refractivity contribution in [2.45, 2.75) is 13.0 Å². The molecule has 7 rings (SSSR count). The maximum Gasteiger partial charge on any atom is 0.179 e. The van der Waals surface area contributed by atoms with Crippen LogP contribution in [0.2, 0.25) is 5.02 Å². The van der Waals surface area contributed by atoms with E-state index in [9.17, 15) is 0 Å². The van der Waals surface area contributed by atoms with Gasteiger partial charge in [-0.25, -0.2) is 14.7 Å². The smallest absolute Gasteiger partial charge is 0.179 e. The molecule has 190 valence electrons. The van der Waals surface area contributed by atoms with Crippen LogP contribution in [0.5, 0.6) is 0 Å². The molecular weight excluding hydrogens is 572 g/mol. The minimum atomic E-state index is -0.194. The first-order chi connectivity index (χ1) is 19.1. The van der Waals surface area contributed by atoms with Crippen molar-refractivity contribution >= 4 is 62.1 Å². The first-order valence-corrected chi connectivity index (χ1v) is 13.7. The standard InChI is InChI=1S/C31H22BrClN6/c1-19-27-28(20-11-15-22(33)16-12-20)38-26-10-6-5-9-25(26)35-29(34-23-17-13-21(32)14-18-23)31(38)36-30(27)39(37-19)24-7-3-2-4-8-24/h2-18,28H,1H3,(H,34,35)/t28-/m0/s1. The fourth-order valence-corrected chi connectivity index (χ4v) is 5.57. The van der Waals surface area contributed by atoms with Gasteiger partial charge in [0.15, 0.2) is 17.5 Å². The van der Waals surface area contributed by atoms with E-state index in [-0.39, 0.29) is 6.04 Å². The van der Waals surface area contributed by atoms with E-state index >= 15 is 0 Å². The number of hydrogen-bond donors (Lipinski definition) is 1. The predicted molar refractivity (Wildman–Crippen MR) is 162 cm³/mol. The van der Waals surface area contributed by atoms with Crippen molar-refractivity contribution < 1.29 is 0 Å². The lowest BCUT2D eigenvalue weighted by Crippen LogP contribution is -2.46. The number of rotatable bonds is 3. The molecule has 2 aliphatic rings. The number of hydrogen-bond acceptors (Lipinski definition) is 5. The third-order valence-electron chi connectivity index (χ3n) is 6.93. The highest BCUT2D eigenvalue weighted by molar-refractivity contribution is 9.10. The molecule has 8 heteroatoms. The number of aromatic nitrogens is 2. The summed E-state index contributed by atoms with van der Waals surface area (Å²) >= 11 is 9.85. The van der Waals surface area contributed by atoms with Gasteiger partial charge in [0.1, 0.15) is 0 Å².